The van der Waals surface area contributed by atoms with Crippen molar-refractivity contribution in [3.63, 3.8) is 0 Å². The fraction of sp³-hybridized carbons (Fsp3) is 0.333. The van der Waals surface area contributed by atoms with Gasteiger partial charge >= 0.3 is 0 Å². The maximum Gasteiger partial charge on any atom is 0.259 e. The predicted molar refractivity (Wildman–Crippen MR) is 138 cm³/mol. The number of carbonyl (C=O) groups is 1. The second-order valence-electron chi connectivity index (χ2n) is 8.37. The molecule has 1 N–H and O–H groups in total. The molecule has 1 aliphatic rings. The van der Waals surface area contributed by atoms with Crippen molar-refractivity contribution >= 4 is 34.1 Å². The number of methoxy groups -OCH3 is 3. The number of fused-ring (bicyclic) bond motifs is 1. The van der Waals surface area contributed by atoms with Gasteiger partial charge in [-0.05, 0) is 62.8 Å². The molecule has 0 bridgehead atoms. The second-order valence-corrected chi connectivity index (χ2v) is 9.45. The molecule has 3 aromatic rings. The van der Waals surface area contributed by atoms with E-state index < -0.39 is 0 Å². The molecule has 0 unspecified atom stereocenters. The van der Waals surface area contributed by atoms with Gasteiger partial charge in [-0.2, -0.15) is 0 Å². The molecule has 0 fully saturated rings. The third kappa shape index (κ3) is 4.80. The van der Waals surface area contributed by atoms with E-state index in [0.717, 1.165) is 53.6 Å². The Hall–Kier alpha value is -3.32. The van der Waals surface area contributed by atoms with Crippen LogP contribution in [0, 0.1) is 13.8 Å². The van der Waals surface area contributed by atoms with E-state index in [-0.39, 0.29) is 5.91 Å². The number of hydrogen-bond donors (Lipinski definition) is 1. The maximum atomic E-state index is 13.5. The van der Waals surface area contributed by atoms with Crippen LogP contribution in [-0.4, -0.2) is 33.5 Å². The Balaban J connectivity index is 1.72. The highest BCUT2D eigenvalue weighted by Gasteiger charge is 2.25. The molecule has 1 amide bonds. The molecule has 0 spiro atoms. The lowest BCUT2D eigenvalue weighted by atomic mass is 9.95. The zero-order valence-corrected chi connectivity index (χ0v) is 21.1. The quantitative estimate of drug-likeness (QED) is 0.406. The molecule has 0 saturated carbocycles. The summed E-state index contributed by atoms with van der Waals surface area (Å²) >= 11 is 1.60. The zero-order valence-electron chi connectivity index (χ0n) is 20.3. The number of hydrogen-bond acceptors (Lipinski definition) is 6. The molecule has 7 heteroatoms. The Morgan fingerprint density at radius 3 is 2.38 bits per heavy atom. The molecule has 6 nitrogen and oxygen atoms in total. The van der Waals surface area contributed by atoms with Crippen LogP contribution in [-0.2, 0) is 12.8 Å². The SMILES string of the molecule is COc1cc(OC)c(OC)cc1/C=N/c1sc2c(c1C(=O)Nc1ccc(C)cc1C)CCCC2. The Morgan fingerprint density at radius 2 is 1.68 bits per heavy atom. The molecular weight excluding hydrogens is 448 g/mol. The number of benzene rings is 2. The van der Waals surface area contributed by atoms with Crippen LogP contribution in [0.15, 0.2) is 35.3 Å². The van der Waals surface area contributed by atoms with Gasteiger partial charge in [-0.25, -0.2) is 4.99 Å². The smallest absolute Gasteiger partial charge is 0.259 e. The van der Waals surface area contributed by atoms with E-state index in [0.29, 0.717) is 27.8 Å². The predicted octanol–water partition coefficient (Wildman–Crippen LogP) is 6.27. The van der Waals surface area contributed by atoms with E-state index in [2.05, 4.69) is 11.4 Å². The van der Waals surface area contributed by atoms with Crippen LogP contribution < -0.4 is 19.5 Å². The monoisotopic (exact) mass is 478 g/mol. The van der Waals surface area contributed by atoms with Gasteiger partial charge in [0.25, 0.3) is 5.91 Å². The number of ether oxygens (including phenoxy) is 3. The summed E-state index contributed by atoms with van der Waals surface area (Å²) in [6.07, 6.45) is 5.83. The van der Waals surface area contributed by atoms with Crippen molar-refractivity contribution in [1.29, 1.82) is 0 Å². The van der Waals surface area contributed by atoms with E-state index in [1.165, 1.54) is 4.88 Å². The van der Waals surface area contributed by atoms with Gasteiger partial charge in [0.05, 0.1) is 26.9 Å². The van der Waals surface area contributed by atoms with E-state index in [1.807, 2.05) is 32.0 Å². The van der Waals surface area contributed by atoms with Crippen LogP contribution in [0.25, 0.3) is 0 Å². The van der Waals surface area contributed by atoms with Gasteiger partial charge in [0.1, 0.15) is 10.8 Å². The average molecular weight is 479 g/mol. The number of nitrogens with zero attached hydrogens (tertiary/aromatic N) is 1. The molecule has 0 radical (unpaired) electrons. The van der Waals surface area contributed by atoms with Crippen molar-refractivity contribution in [2.75, 3.05) is 26.6 Å². The van der Waals surface area contributed by atoms with Crippen molar-refractivity contribution in [2.24, 2.45) is 4.99 Å². The summed E-state index contributed by atoms with van der Waals surface area (Å²) in [4.78, 5) is 19.5. The van der Waals surface area contributed by atoms with E-state index >= 15 is 0 Å². The second kappa shape index (κ2) is 10.3. The number of nitrogens with one attached hydrogen (secondary N) is 1. The number of carbonyl (C=O) groups excluding carboxylic acids is 1. The first-order valence-electron chi connectivity index (χ1n) is 11.3. The summed E-state index contributed by atoms with van der Waals surface area (Å²) < 4.78 is 16.3. The van der Waals surface area contributed by atoms with Crippen LogP contribution >= 0.6 is 11.3 Å². The third-order valence-corrected chi connectivity index (χ3v) is 7.27. The third-order valence-electron chi connectivity index (χ3n) is 6.07. The highest BCUT2D eigenvalue weighted by atomic mass is 32.1. The van der Waals surface area contributed by atoms with Crippen molar-refractivity contribution in [3.05, 3.63) is 63.0 Å². The van der Waals surface area contributed by atoms with Crippen LogP contribution in [0.5, 0.6) is 17.2 Å². The van der Waals surface area contributed by atoms with Gasteiger partial charge < -0.3 is 19.5 Å². The number of thiophene rings is 1. The highest BCUT2D eigenvalue weighted by Crippen LogP contribution is 2.41. The topological polar surface area (TPSA) is 69.1 Å². The minimum absolute atomic E-state index is 0.113. The average Bonchev–Trinajstić information content (AvgIpc) is 3.22. The summed E-state index contributed by atoms with van der Waals surface area (Å²) in [7, 11) is 4.78. The van der Waals surface area contributed by atoms with Gasteiger partial charge in [-0.1, -0.05) is 17.7 Å². The molecule has 0 saturated heterocycles. The molecule has 1 aliphatic carbocycles. The van der Waals surface area contributed by atoms with Crippen molar-refractivity contribution in [1.82, 2.24) is 0 Å². The van der Waals surface area contributed by atoms with Crippen LogP contribution in [0.1, 0.15) is 50.3 Å². The van der Waals surface area contributed by atoms with Gasteiger partial charge in [0.15, 0.2) is 11.5 Å². The van der Waals surface area contributed by atoms with E-state index in [9.17, 15) is 4.79 Å². The lowest BCUT2D eigenvalue weighted by Crippen LogP contribution is -2.15. The van der Waals surface area contributed by atoms with Gasteiger partial charge in [0.2, 0.25) is 0 Å². The zero-order chi connectivity index (χ0) is 24.2. The number of aryl methyl sites for hydroxylation is 3. The van der Waals surface area contributed by atoms with Gasteiger partial charge in [0, 0.05) is 28.4 Å². The number of aliphatic imine (C=N–C) groups is 1. The Kier molecular flexibility index (Phi) is 7.22. The Labute approximate surface area is 204 Å². The first kappa shape index (κ1) is 23.8. The first-order chi connectivity index (χ1) is 16.4. The fourth-order valence-electron chi connectivity index (χ4n) is 4.30. The lowest BCUT2D eigenvalue weighted by molar-refractivity contribution is 0.102. The summed E-state index contributed by atoms with van der Waals surface area (Å²) in [5.41, 5.74) is 5.57. The van der Waals surface area contributed by atoms with E-state index in [1.54, 1.807) is 44.9 Å². The normalized spacial score (nSPS) is 13.0. The number of anilines is 1. The fourth-order valence-corrected chi connectivity index (χ4v) is 5.53. The standard InChI is InChI=1S/C27H30N2O4S/c1-16-10-11-20(17(2)12-16)29-26(30)25-19-8-6-7-9-24(19)34-27(25)28-15-18-13-22(32-4)23(33-5)14-21(18)31-3/h10-15H,6-9H2,1-5H3,(H,29,30)/b28-15+. The minimum atomic E-state index is -0.113. The van der Waals surface area contributed by atoms with Crippen LogP contribution in [0.3, 0.4) is 0 Å². The van der Waals surface area contributed by atoms with Crippen molar-refractivity contribution in [3.8, 4) is 17.2 Å². The van der Waals surface area contributed by atoms with Gasteiger partial charge in [-0.3, -0.25) is 4.79 Å². The molecule has 4 rings (SSSR count). The molecule has 0 atom stereocenters. The highest BCUT2D eigenvalue weighted by molar-refractivity contribution is 7.16. The molecule has 0 aliphatic heterocycles. The number of amides is 1. The molecule has 2 aromatic carbocycles. The summed E-state index contributed by atoms with van der Waals surface area (Å²) in [6.45, 7) is 4.05. The molecule has 178 valence electrons. The Bertz CT molecular complexity index is 1250. The van der Waals surface area contributed by atoms with E-state index in [4.69, 9.17) is 19.2 Å². The van der Waals surface area contributed by atoms with Crippen molar-refractivity contribution < 1.29 is 19.0 Å². The molecular formula is C27H30N2O4S. The molecule has 1 aromatic heterocycles. The minimum Gasteiger partial charge on any atom is -0.496 e. The number of rotatable bonds is 7. The summed E-state index contributed by atoms with van der Waals surface area (Å²) in [5.74, 6) is 1.67. The van der Waals surface area contributed by atoms with Gasteiger partial charge in [-0.15, -0.1) is 11.3 Å². The maximum absolute atomic E-state index is 13.5. The summed E-state index contributed by atoms with van der Waals surface area (Å²) in [5, 5.41) is 3.83. The first-order valence-corrected chi connectivity index (χ1v) is 12.1. The van der Waals surface area contributed by atoms with Crippen molar-refractivity contribution in [2.45, 2.75) is 39.5 Å². The lowest BCUT2D eigenvalue weighted by Gasteiger charge is -2.14. The molecule has 1 heterocycles. The molecule has 34 heavy (non-hydrogen) atoms. The Morgan fingerprint density at radius 1 is 0.971 bits per heavy atom. The van der Waals surface area contributed by atoms with Crippen LogP contribution in [0.4, 0.5) is 10.7 Å². The largest absolute Gasteiger partial charge is 0.496 e. The summed E-state index contributed by atoms with van der Waals surface area (Å²) in [6, 6.07) is 9.63. The van der Waals surface area contributed by atoms with Crippen LogP contribution in [0.2, 0.25) is 0 Å².